The Morgan fingerprint density at radius 2 is 2.05 bits per heavy atom. The van der Waals surface area contributed by atoms with E-state index in [0.717, 1.165) is 5.56 Å². The molecule has 0 amide bonds. The van der Waals surface area contributed by atoms with E-state index >= 15 is 0 Å². The van der Waals surface area contributed by atoms with Gasteiger partial charge in [-0.05, 0) is 20.8 Å². The molecular weight excluding hydrogens is 264 g/mol. The fourth-order valence-electron chi connectivity index (χ4n) is 2.13. The third-order valence-electron chi connectivity index (χ3n) is 3.23. The first kappa shape index (κ1) is 14.5. The van der Waals surface area contributed by atoms with Gasteiger partial charge >= 0.3 is 0 Å². The zero-order valence-corrected chi connectivity index (χ0v) is 12.0. The summed E-state index contributed by atoms with van der Waals surface area (Å²) in [4.78, 5) is 0. The number of alkyl halides is 1. The Morgan fingerprint density at radius 1 is 1.30 bits per heavy atom. The number of aryl methyl sites for hydroxylation is 4. The summed E-state index contributed by atoms with van der Waals surface area (Å²) in [6.45, 7) is 5.98. The van der Waals surface area contributed by atoms with Gasteiger partial charge in [-0.1, -0.05) is 0 Å². The normalized spacial score (nSPS) is 11.1. The summed E-state index contributed by atoms with van der Waals surface area (Å²) in [5.74, 6) is 0.386. The summed E-state index contributed by atoms with van der Waals surface area (Å²) in [6.07, 6.45) is 1.66. The molecule has 0 fully saturated rings. The Hall–Kier alpha value is -1.92. The molecule has 0 spiro atoms. The number of anilines is 1. The van der Waals surface area contributed by atoms with Crippen molar-refractivity contribution in [1.82, 2.24) is 19.6 Å². The zero-order chi connectivity index (χ0) is 14.7. The van der Waals surface area contributed by atoms with E-state index in [9.17, 15) is 8.78 Å². The summed E-state index contributed by atoms with van der Waals surface area (Å²) in [6, 6.07) is 0. The summed E-state index contributed by atoms with van der Waals surface area (Å²) in [7, 11) is 0. The van der Waals surface area contributed by atoms with Crippen molar-refractivity contribution in [2.75, 3.05) is 12.0 Å². The highest BCUT2D eigenvalue weighted by atomic mass is 19.1. The van der Waals surface area contributed by atoms with Crippen LogP contribution < -0.4 is 5.32 Å². The third-order valence-corrected chi connectivity index (χ3v) is 3.23. The summed E-state index contributed by atoms with van der Waals surface area (Å²) in [5.41, 5.74) is 2.09. The maximum absolute atomic E-state index is 14.0. The van der Waals surface area contributed by atoms with Gasteiger partial charge in [0.1, 0.15) is 12.5 Å². The number of aromatic nitrogens is 4. The first-order chi connectivity index (χ1) is 9.58. The van der Waals surface area contributed by atoms with Crippen LogP contribution in [0.2, 0.25) is 0 Å². The topological polar surface area (TPSA) is 47.7 Å². The Morgan fingerprint density at radius 3 is 2.65 bits per heavy atom. The molecule has 0 unspecified atom stereocenters. The van der Waals surface area contributed by atoms with Crippen molar-refractivity contribution in [2.45, 2.75) is 40.4 Å². The van der Waals surface area contributed by atoms with Crippen LogP contribution in [0, 0.1) is 19.8 Å². The van der Waals surface area contributed by atoms with Crippen LogP contribution in [0.25, 0.3) is 0 Å². The van der Waals surface area contributed by atoms with Gasteiger partial charge in [0, 0.05) is 24.2 Å². The molecule has 2 rings (SSSR count). The van der Waals surface area contributed by atoms with Crippen LogP contribution in [0.4, 0.5) is 14.6 Å². The Bertz CT molecular complexity index is 588. The molecule has 0 aliphatic rings. The predicted molar refractivity (Wildman–Crippen MR) is 72.9 cm³/mol. The van der Waals surface area contributed by atoms with Crippen molar-refractivity contribution < 1.29 is 8.78 Å². The predicted octanol–water partition coefficient (Wildman–Crippen LogP) is 2.44. The summed E-state index contributed by atoms with van der Waals surface area (Å²) >= 11 is 0. The standard InChI is InChI=1S/C13H19F2N5/c1-4-19-12(15)11(10(3)18-19)8-16-13-9(2)7-17-20(13)6-5-14/h7,16H,4-6,8H2,1-3H3. The molecule has 2 aromatic heterocycles. The van der Waals surface area contributed by atoms with Crippen molar-refractivity contribution in [3.05, 3.63) is 29.0 Å². The lowest BCUT2D eigenvalue weighted by molar-refractivity contribution is 0.429. The van der Waals surface area contributed by atoms with Crippen LogP contribution in [-0.2, 0) is 19.6 Å². The van der Waals surface area contributed by atoms with E-state index in [0.29, 0.717) is 30.2 Å². The molecule has 0 saturated heterocycles. The molecule has 20 heavy (non-hydrogen) atoms. The fraction of sp³-hybridized carbons (Fsp3) is 0.538. The van der Waals surface area contributed by atoms with Crippen LogP contribution in [0.3, 0.4) is 0 Å². The SMILES string of the molecule is CCn1nc(C)c(CNc2c(C)cnn2CCF)c1F. The minimum Gasteiger partial charge on any atom is -0.366 e. The third kappa shape index (κ3) is 2.66. The first-order valence-electron chi connectivity index (χ1n) is 6.62. The quantitative estimate of drug-likeness (QED) is 0.885. The zero-order valence-electron chi connectivity index (χ0n) is 12.0. The molecular formula is C13H19F2N5. The molecule has 5 nitrogen and oxygen atoms in total. The minimum atomic E-state index is -0.489. The van der Waals surface area contributed by atoms with Crippen molar-refractivity contribution in [2.24, 2.45) is 0 Å². The van der Waals surface area contributed by atoms with Crippen molar-refractivity contribution >= 4 is 5.82 Å². The van der Waals surface area contributed by atoms with Crippen molar-refractivity contribution in [3.63, 3.8) is 0 Å². The number of halogens is 2. The van der Waals surface area contributed by atoms with E-state index in [4.69, 9.17) is 0 Å². The number of rotatable bonds is 6. The Kier molecular flexibility index (Phi) is 4.36. The van der Waals surface area contributed by atoms with Crippen molar-refractivity contribution in [3.8, 4) is 0 Å². The highest BCUT2D eigenvalue weighted by Gasteiger charge is 2.15. The number of hydrogen-bond acceptors (Lipinski definition) is 3. The summed E-state index contributed by atoms with van der Waals surface area (Å²) < 4.78 is 29.4. The average Bonchev–Trinajstić information content (AvgIpc) is 2.90. The molecule has 2 heterocycles. The van der Waals surface area contributed by atoms with E-state index in [1.54, 1.807) is 17.8 Å². The van der Waals surface area contributed by atoms with Gasteiger partial charge in [-0.15, -0.1) is 0 Å². The molecule has 0 bridgehead atoms. The van der Waals surface area contributed by atoms with E-state index in [2.05, 4.69) is 15.5 Å². The van der Waals surface area contributed by atoms with Gasteiger partial charge in [0.25, 0.3) is 0 Å². The van der Waals surface area contributed by atoms with Crippen LogP contribution in [-0.4, -0.2) is 26.2 Å². The molecule has 1 N–H and O–H groups in total. The number of nitrogens with zero attached hydrogens (tertiary/aromatic N) is 4. The molecule has 0 aromatic carbocycles. The smallest absolute Gasteiger partial charge is 0.216 e. The second-order valence-electron chi connectivity index (χ2n) is 4.61. The first-order valence-corrected chi connectivity index (χ1v) is 6.62. The van der Waals surface area contributed by atoms with E-state index in [1.165, 1.54) is 4.68 Å². The number of hydrogen-bond donors (Lipinski definition) is 1. The molecule has 110 valence electrons. The molecule has 7 heteroatoms. The van der Waals surface area contributed by atoms with Gasteiger partial charge in [-0.2, -0.15) is 14.6 Å². The van der Waals surface area contributed by atoms with Crippen LogP contribution in [0.1, 0.15) is 23.7 Å². The van der Waals surface area contributed by atoms with Gasteiger partial charge < -0.3 is 5.32 Å². The van der Waals surface area contributed by atoms with Gasteiger partial charge in [-0.3, -0.25) is 0 Å². The van der Waals surface area contributed by atoms with Gasteiger partial charge in [0.2, 0.25) is 5.95 Å². The monoisotopic (exact) mass is 283 g/mol. The lowest BCUT2D eigenvalue weighted by Gasteiger charge is -2.09. The second kappa shape index (κ2) is 6.02. The maximum atomic E-state index is 14.0. The van der Waals surface area contributed by atoms with Crippen LogP contribution >= 0.6 is 0 Å². The van der Waals surface area contributed by atoms with Crippen LogP contribution in [0.15, 0.2) is 6.20 Å². The van der Waals surface area contributed by atoms with Crippen LogP contribution in [0.5, 0.6) is 0 Å². The van der Waals surface area contributed by atoms with Gasteiger partial charge in [0.05, 0.1) is 18.4 Å². The van der Waals surface area contributed by atoms with E-state index < -0.39 is 6.67 Å². The van der Waals surface area contributed by atoms with E-state index in [-0.39, 0.29) is 12.5 Å². The molecule has 0 aliphatic carbocycles. The number of nitrogens with one attached hydrogen (secondary N) is 1. The maximum Gasteiger partial charge on any atom is 0.216 e. The Balaban J connectivity index is 2.17. The summed E-state index contributed by atoms with van der Waals surface area (Å²) in [5, 5.41) is 11.3. The molecule has 0 aliphatic heterocycles. The molecule has 0 radical (unpaired) electrons. The second-order valence-corrected chi connectivity index (χ2v) is 4.61. The molecule has 2 aromatic rings. The fourth-order valence-corrected chi connectivity index (χ4v) is 2.13. The van der Waals surface area contributed by atoms with Gasteiger partial charge in [-0.25, -0.2) is 13.8 Å². The highest BCUT2D eigenvalue weighted by molar-refractivity contribution is 5.44. The highest BCUT2D eigenvalue weighted by Crippen LogP contribution is 2.18. The molecule has 0 atom stereocenters. The van der Waals surface area contributed by atoms with Gasteiger partial charge in [0.15, 0.2) is 0 Å². The van der Waals surface area contributed by atoms with E-state index in [1.807, 2.05) is 13.8 Å². The largest absolute Gasteiger partial charge is 0.366 e. The lowest BCUT2D eigenvalue weighted by Crippen LogP contribution is -2.11. The molecule has 0 saturated carbocycles. The average molecular weight is 283 g/mol. The Labute approximate surface area is 116 Å². The lowest BCUT2D eigenvalue weighted by atomic mass is 10.2. The minimum absolute atomic E-state index is 0.186. The van der Waals surface area contributed by atoms with Crippen molar-refractivity contribution in [1.29, 1.82) is 0 Å².